The molecule has 186 valence electrons. The van der Waals surface area contributed by atoms with Crippen molar-refractivity contribution in [2.45, 2.75) is 64.1 Å². The van der Waals surface area contributed by atoms with Gasteiger partial charge in [-0.3, -0.25) is 9.59 Å². The van der Waals surface area contributed by atoms with Crippen LogP contribution < -0.4 is 5.32 Å². The number of thiophene rings is 1. The van der Waals surface area contributed by atoms with Gasteiger partial charge in [0.15, 0.2) is 0 Å². The van der Waals surface area contributed by atoms with Crippen molar-refractivity contribution in [1.82, 2.24) is 15.2 Å². The van der Waals surface area contributed by atoms with Gasteiger partial charge in [-0.15, -0.1) is 11.3 Å². The Morgan fingerprint density at radius 1 is 1.03 bits per heavy atom. The molecular formula is C30H33N3O2S. The van der Waals surface area contributed by atoms with Crippen LogP contribution in [0.25, 0.3) is 10.9 Å². The van der Waals surface area contributed by atoms with Crippen molar-refractivity contribution in [2.75, 3.05) is 0 Å². The number of H-pyrrole nitrogens is 1. The summed E-state index contributed by atoms with van der Waals surface area (Å²) in [5, 5.41) is 6.36. The Kier molecular flexibility index (Phi) is 7.52. The molecule has 1 fully saturated rings. The molecule has 0 bridgehead atoms. The summed E-state index contributed by atoms with van der Waals surface area (Å²) >= 11 is 1.61. The van der Waals surface area contributed by atoms with Crippen LogP contribution in [0.3, 0.4) is 0 Å². The molecule has 2 aromatic carbocycles. The highest BCUT2D eigenvalue weighted by Crippen LogP contribution is 2.29. The first-order valence-corrected chi connectivity index (χ1v) is 13.7. The molecule has 1 aliphatic rings. The summed E-state index contributed by atoms with van der Waals surface area (Å²) in [6, 6.07) is 19.5. The second-order valence-electron chi connectivity index (χ2n) is 9.79. The van der Waals surface area contributed by atoms with Crippen LogP contribution in [0.2, 0.25) is 0 Å². The van der Waals surface area contributed by atoms with Gasteiger partial charge in [-0.1, -0.05) is 73.4 Å². The van der Waals surface area contributed by atoms with E-state index >= 15 is 0 Å². The largest absolute Gasteiger partial charge is 0.361 e. The monoisotopic (exact) mass is 499 g/mol. The third kappa shape index (κ3) is 5.54. The summed E-state index contributed by atoms with van der Waals surface area (Å²) in [6.45, 7) is 2.43. The molecule has 0 saturated heterocycles. The van der Waals surface area contributed by atoms with E-state index in [0.717, 1.165) is 58.2 Å². The van der Waals surface area contributed by atoms with Crippen LogP contribution in [0.4, 0.5) is 0 Å². The number of aryl methyl sites for hydroxylation is 1. The molecule has 6 heteroatoms. The number of para-hydroxylation sites is 1. The molecule has 4 aromatic rings. The highest BCUT2D eigenvalue weighted by Gasteiger charge is 2.33. The fourth-order valence-electron chi connectivity index (χ4n) is 5.18. The number of aromatic nitrogens is 1. The van der Waals surface area contributed by atoms with Gasteiger partial charge < -0.3 is 15.2 Å². The van der Waals surface area contributed by atoms with E-state index < -0.39 is 6.04 Å². The van der Waals surface area contributed by atoms with Crippen LogP contribution in [0.5, 0.6) is 0 Å². The molecule has 5 rings (SSSR count). The molecule has 2 amide bonds. The molecule has 0 aliphatic heterocycles. The predicted molar refractivity (Wildman–Crippen MR) is 146 cm³/mol. The normalized spacial score (nSPS) is 15.0. The van der Waals surface area contributed by atoms with Crippen molar-refractivity contribution in [3.05, 3.63) is 93.8 Å². The topological polar surface area (TPSA) is 65.2 Å². The lowest BCUT2D eigenvalue weighted by molar-refractivity contribution is -0.141. The first kappa shape index (κ1) is 24.3. The molecule has 2 N–H and O–H groups in total. The second-order valence-corrected chi connectivity index (χ2v) is 10.8. The summed E-state index contributed by atoms with van der Waals surface area (Å²) in [4.78, 5) is 34.0. The van der Waals surface area contributed by atoms with Gasteiger partial charge in [0.05, 0.1) is 13.0 Å². The molecule has 0 spiro atoms. The van der Waals surface area contributed by atoms with Gasteiger partial charge in [-0.25, -0.2) is 0 Å². The first-order chi connectivity index (χ1) is 17.6. The number of carbonyl (C=O) groups excluding carboxylic acids is 2. The number of hydrogen-bond acceptors (Lipinski definition) is 3. The van der Waals surface area contributed by atoms with E-state index in [4.69, 9.17) is 0 Å². The number of carbonyl (C=O) groups is 2. The summed E-state index contributed by atoms with van der Waals surface area (Å²) < 4.78 is 0. The van der Waals surface area contributed by atoms with E-state index in [1.807, 2.05) is 79.2 Å². The van der Waals surface area contributed by atoms with Crippen molar-refractivity contribution in [3.63, 3.8) is 0 Å². The Hall–Kier alpha value is -3.38. The number of nitrogens with zero attached hydrogens (tertiary/aromatic N) is 1. The van der Waals surface area contributed by atoms with Crippen LogP contribution in [0.15, 0.2) is 72.2 Å². The molecule has 1 saturated carbocycles. The first-order valence-electron chi connectivity index (χ1n) is 12.8. The maximum absolute atomic E-state index is 14.0. The summed E-state index contributed by atoms with van der Waals surface area (Å²) in [5.74, 6) is -0.146. The van der Waals surface area contributed by atoms with Crippen molar-refractivity contribution >= 4 is 34.1 Å². The number of benzene rings is 2. The maximum atomic E-state index is 14.0. The summed E-state index contributed by atoms with van der Waals surface area (Å²) in [7, 11) is 0. The Bertz CT molecular complexity index is 1300. The molecule has 2 aromatic heterocycles. The van der Waals surface area contributed by atoms with E-state index in [9.17, 15) is 9.59 Å². The number of aromatic amines is 1. The van der Waals surface area contributed by atoms with Gasteiger partial charge in [-0.05, 0) is 48.4 Å². The minimum absolute atomic E-state index is 0.0578. The number of fused-ring (bicyclic) bond motifs is 1. The fraction of sp³-hybridized carbons (Fsp3) is 0.333. The van der Waals surface area contributed by atoms with E-state index in [-0.39, 0.29) is 24.3 Å². The van der Waals surface area contributed by atoms with E-state index in [1.54, 1.807) is 16.2 Å². The maximum Gasteiger partial charge on any atom is 0.247 e. The molecule has 0 radical (unpaired) electrons. The SMILES string of the molecule is Cc1ccc(C(C(=O)NC2CCCCC2)N(Cc2cccs2)C(=O)Cc2c[nH]c3ccccc23)cc1. The predicted octanol–water partition coefficient (Wildman–Crippen LogP) is 6.30. The third-order valence-corrected chi connectivity index (χ3v) is 8.01. The Balaban J connectivity index is 1.49. The van der Waals surface area contributed by atoms with Gasteiger partial charge >= 0.3 is 0 Å². The standard InChI is InChI=1S/C30H33N3O2S/c1-21-13-15-22(16-14-21)29(30(35)32-24-8-3-2-4-9-24)33(20-25-10-7-17-36-25)28(34)18-23-19-31-27-12-6-5-11-26(23)27/h5-7,10-17,19,24,29,31H,2-4,8-9,18,20H2,1H3,(H,32,35). The van der Waals surface area contributed by atoms with Gasteiger partial charge in [0.2, 0.25) is 11.8 Å². The lowest BCUT2D eigenvalue weighted by Gasteiger charge is -2.33. The molecule has 1 aliphatic carbocycles. The van der Waals surface area contributed by atoms with Crippen LogP contribution in [-0.4, -0.2) is 27.7 Å². The lowest BCUT2D eigenvalue weighted by atomic mass is 9.94. The average Bonchev–Trinajstić information content (AvgIpc) is 3.56. The molecule has 2 heterocycles. The minimum Gasteiger partial charge on any atom is -0.361 e. The zero-order chi connectivity index (χ0) is 24.9. The van der Waals surface area contributed by atoms with Crippen LogP contribution >= 0.6 is 11.3 Å². The Morgan fingerprint density at radius 3 is 2.56 bits per heavy atom. The van der Waals surface area contributed by atoms with Crippen molar-refractivity contribution in [1.29, 1.82) is 0 Å². The second kappa shape index (κ2) is 11.1. The molecule has 1 unspecified atom stereocenters. The van der Waals surface area contributed by atoms with Crippen LogP contribution in [0, 0.1) is 6.92 Å². The van der Waals surface area contributed by atoms with Crippen LogP contribution in [0.1, 0.15) is 59.7 Å². The summed E-state index contributed by atoms with van der Waals surface area (Å²) in [5.41, 5.74) is 3.93. The number of rotatable bonds is 8. The van der Waals surface area contributed by atoms with Gasteiger partial charge in [0.25, 0.3) is 0 Å². The zero-order valence-corrected chi connectivity index (χ0v) is 21.5. The van der Waals surface area contributed by atoms with E-state index in [2.05, 4.69) is 10.3 Å². The highest BCUT2D eigenvalue weighted by atomic mass is 32.1. The average molecular weight is 500 g/mol. The smallest absolute Gasteiger partial charge is 0.247 e. The Labute approximate surface area is 216 Å². The van der Waals surface area contributed by atoms with Gasteiger partial charge in [-0.2, -0.15) is 0 Å². The van der Waals surface area contributed by atoms with Crippen molar-refractivity contribution in [3.8, 4) is 0 Å². The highest BCUT2D eigenvalue weighted by molar-refractivity contribution is 7.09. The van der Waals surface area contributed by atoms with Gasteiger partial charge in [0, 0.05) is 28.0 Å². The molecule has 5 nitrogen and oxygen atoms in total. The Morgan fingerprint density at radius 2 is 1.81 bits per heavy atom. The fourth-order valence-corrected chi connectivity index (χ4v) is 5.89. The van der Waals surface area contributed by atoms with Crippen molar-refractivity contribution in [2.24, 2.45) is 0 Å². The zero-order valence-electron chi connectivity index (χ0n) is 20.7. The van der Waals surface area contributed by atoms with Gasteiger partial charge in [0.1, 0.15) is 6.04 Å². The number of nitrogens with one attached hydrogen (secondary N) is 2. The molecule has 1 atom stereocenters. The van der Waals surface area contributed by atoms with Crippen molar-refractivity contribution < 1.29 is 9.59 Å². The quantitative estimate of drug-likeness (QED) is 0.299. The minimum atomic E-state index is -0.688. The molecule has 36 heavy (non-hydrogen) atoms. The number of amides is 2. The summed E-state index contributed by atoms with van der Waals surface area (Å²) in [6.07, 6.45) is 7.64. The third-order valence-electron chi connectivity index (χ3n) is 7.15. The lowest BCUT2D eigenvalue weighted by Crippen LogP contribution is -2.47. The van der Waals surface area contributed by atoms with E-state index in [0.29, 0.717) is 6.54 Å². The number of hydrogen-bond donors (Lipinski definition) is 2. The molecular weight excluding hydrogens is 466 g/mol. The van der Waals surface area contributed by atoms with Crippen LogP contribution in [-0.2, 0) is 22.6 Å². The van der Waals surface area contributed by atoms with E-state index in [1.165, 1.54) is 6.42 Å².